The Morgan fingerprint density at radius 1 is 1.33 bits per heavy atom. The fourth-order valence-corrected chi connectivity index (χ4v) is 3.59. The van der Waals surface area contributed by atoms with Crippen LogP contribution in [0, 0.1) is 0 Å². The molecule has 94 valence electrons. The van der Waals surface area contributed by atoms with Gasteiger partial charge < -0.3 is 0 Å². The van der Waals surface area contributed by atoms with E-state index in [1.54, 1.807) is 35.4 Å². The highest BCUT2D eigenvalue weighted by Gasteiger charge is 2.07. The van der Waals surface area contributed by atoms with Gasteiger partial charge in [0.1, 0.15) is 5.69 Å². The highest BCUT2D eigenvalue weighted by molar-refractivity contribution is 8.03. The second-order valence-corrected chi connectivity index (χ2v) is 6.65. The summed E-state index contributed by atoms with van der Waals surface area (Å²) in [5.74, 6) is 0.0622. The van der Waals surface area contributed by atoms with Crippen LogP contribution in [0.5, 0.6) is 0 Å². The molecule has 2 aromatic heterocycles. The quantitative estimate of drug-likeness (QED) is 0.623. The van der Waals surface area contributed by atoms with Crippen LogP contribution in [0.15, 0.2) is 31.9 Å². The molecule has 0 aliphatic heterocycles. The molecule has 2 aromatic rings. The second kappa shape index (κ2) is 6.31. The van der Waals surface area contributed by atoms with Crippen molar-refractivity contribution in [2.24, 2.45) is 0 Å². The minimum atomic E-state index is 0.0622. The molecule has 0 saturated heterocycles. The summed E-state index contributed by atoms with van der Waals surface area (Å²) in [6.07, 6.45) is 4.16. The number of thioether (sulfide) groups is 1. The first-order valence-electron chi connectivity index (χ1n) is 5.27. The highest BCUT2D eigenvalue weighted by Crippen LogP contribution is 2.32. The van der Waals surface area contributed by atoms with Crippen LogP contribution in [0.1, 0.15) is 23.8 Å². The molecular weight excluding hydrogens is 286 g/mol. The largest absolute Gasteiger partial charge is 0.292 e. The molecule has 0 radical (unpaired) electrons. The average molecular weight is 297 g/mol. The van der Waals surface area contributed by atoms with Crippen LogP contribution in [0.3, 0.4) is 0 Å². The van der Waals surface area contributed by atoms with Crippen molar-refractivity contribution in [1.82, 2.24) is 15.2 Å². The van der Waals surface area contributed by atoms with E-state index in [1.807, 2.05) is 19.2 Å². The highest BCUT2D eigenvalue weighted by atomic mass is 32.2. The summed E-state index contributed by atoms with van der Waals surface area (Å²) in [6, 6.07) is 3.64. The summed E-state index contributed by atoms with van der Waals surface area (Å²) < 4.78 is 1.83. The SMILES string of the molecule is CCC(=O)c1ccc(Sc2nnc(SC)s2)cn1. The van der Waals surface area contributed by atoms with Gasteiger partial charge in [0.25, 0.3) is 0 Å². The molecule has 0 amide bonds. The van der Waals surface area contributed by atoms with Crippen LogP contribution < -0.4 is 0 Å². The Bertz CT molecular complexity index is 539. The van der Waals surface area contributed by atoms with Crippen molar-refractivity contribution in [3.8, 4) is 0 Å². The zero-order valence-corrected chi connectivity index (χ0v) is 12.4. The number of Topliss-reactive ketones (excluding diaryl/α,β-unsaturated/α-hetero) is 1. The third-order valence-corrected chi connectivity index (χ3v) is 5.04. The molecular formula is C11H11N3OS3. The van der Waals surface area contributed by atoms with E-state index in [4.69, 9.17) is 0 Å². The van der Waals surface area contributed by atoms with Gasteiger partial charge in [0.2, 0.25) is 0 Å². The molecule has 7 heteroatoms. The molecule has 0 unspecified atom stereocenters. The number of ketones is 1. The normalized spacial score (nSPS) is 10.6. The fraction of sp³-hybridized carbons (Fsp3) is 0.273. The summed E-state index contributed by atoms with van der Waals surface area (Å²) >= 11 is 4.64. The van der Waals surface area contributed by atoms with Crippen LogP contribution in [0.25, 0.3) is 0 Å². The predicted molar refractivity (Wildman–Crippen MR) is 74.7 cm³/mol. The molecule has 0 fully saturated rings. The Balaban J connectivity index is 2.08. The van der Waals surface area contributed by atoms with Gasteiger partial charge in [-0.15, -0.1) is 10.2 Å². The van der Waals surface area contributed by atoms with Crippen LogP contribution >= 0.6 is 34.9 Å². The van der Waals surface area contributed by atoms with Gasteiger partial charge in [-0.3, -0.25) is 9.78 Å². The maximum Gasteiger partial charge on any atom is 0.180 e. The van der Waals surface area contributed by atoms with Crippen molar-refractivity contribution in [2.75, 3.05) is 6.26 Å². The average Bonchev–Trinajstić information content (AvgIpc) is 2.86. The van der Waals surface area contributed by atoms with E-state index in [0.717, 1.165) is 13.6 Å². The molecule has 0 N–H and O–H groups in total. The maximum absolute atomic E-state index is 11.4. The topological polar surface area (TPSA) is 55.7 Å². The molecule has 2 rings (SSSR count). The first-order chi connectivity index (χ1) is 8.72. The first-order valence-corrected chi connectivity index (χ1v) is 8.13. The number of carbonyl (C=O) groups excluding carboxylic acids is 1. The van der Waals surface area contributed by atoms with E-state index in [1.165, 1.54) is 11.8 Å². The maximum atomic E-state index is 11.4. The Morgan fingerprint density at radius 3 is 2.67 bits per heavy atom. The van der Waals surface area contributed by atoms with Gasteiger partial charge in [0.15, 0.2) is 14.5 Å². The lowest BCUT2D eigenvalue weighted by Crippen LogP contribution is -1.99. The Kier molecular flexibility index (Phi) is 4.73. The van der Waals surface area contributed by atoms with E-state index >= 15 is 0 Å². The molecule has 0 aliphatic rings. The summed E-state index contributed by atoms with van der Waals surface area (Å²) in [5, 5.41) is 8.10. The number of nitrogens with zero attached hydrogens (tertiary/aromatic N) is 3. The lowest BCUT2D eigenvalue weighted by Gasteiger charge is -1.99. The number of hydrogen-bond acceptors (Lipinski definition) is 7. The van der Waals surface area contributed by atoms with E-state index in [9.17, 15) is 4.79 Å². The number of pyridine rings is 1. The third kappa shape index (κ3) is 3.30. The minimum Gasteiger partial charge on any atom is -0.292 e. The lowest BCUT2D eigenvalue weighted by molar-refractivity contribution is 0.0983. The molecule has 4 nitrogen and oxygen atoms in total. The summed E-state index contributed by atoms with van der Waals surface area (Å²) in [4.78, 5) is 16.6. The van der Waals surface area contributed by atoms with Crippen molar-refractivity contribution in [2.45, 2.75) is 26.9 Å². The molecule has 0 aromatic carbocycles. The van der Waals surface area contributed by atoms with Crippen LogP contribution in [-0.2, 0) is 0 Å². The van der Waals surface area contributed by atoms with Crippen molar-refractivity contribution in [3.63, 3.8) is 0 Å². The third-order valence-electron chi connectivity index (χ3n) is 2.11. The predicted octanol–water partition coefficient (Wildman–Crippen LogP) is 3.40. The van der Waals surface area contributed by atoms with Gasteiger partial charge in [-0.05, 0) is 18.4 Å². The summed E-state index contributed by atoms with van der Waals surface area (Å²) in [6.45, 7) is 1.83. The van der Waals surface area contributed by atoms with E-state index in [0.29, 0.717) is 12.1 Å². The van der Waals surface area contributed by atoms with E-state index < -0.39 is 0 Å². The van der Waals surface area contributed by atoms with Crippen molar-refractivity contribution < 1.29 is 4.79 Å². The van der Waals surface area contributed by atoms with Crippen molar-refractivity contribution >= 4 is 40.6 Å². The zero-order valence-electron chi connectivity index (χ0n) is 9.91. The van der Waals surface area contributed by atoms with Gasteiger partial charge >= 0.3 is 0 Å². The molecule has 18 heavy (non-hydrogen) atoms. The molecule has 0 aliphatic carbocycles. The monoisotopic (exact) mass is 297 g/mol. The Morgan fingerprint density at radius 2 is 2.11 bits per heavy atom. The van der Waals surface area contributed by atoms with E-state index in [-0.39, 0.29) is 5.78 Å². The minimum absolute atomic E-state index is 0.0622. The number of aromatic nitrogens is 3. The molecule has 0 bridgehead atoms. The van der Waals surface area contributed by atoms with Crippen molar-refractivity contribution in [3.05, 3.63) is 24.0 Å². The second-order valence-electron chi connectivity index (χ2n) is 3.30. The molecule has 0 atom stereocenters. The molecule has 0 saturated carbocycles. The smallest absolute Gasteiger partial charge is 0.180 e. The van der Waals surface area contributed by atoms with Gasteiger partial charge in [0, 0.05) is 17.5 Å². The summed E-state index contributed by atoms with van der Waals surface area (Å²) in [5.41, 5.74) is 0.518. The van der Waals surface area contributed by atoms with E-state index in [2.05, 4.69) is 15.2 Å². The zero-order chi connectivity index (χ0) is 13.0. The van der Waals surface area contributed by atoms with Gasteiger partial charge in [-0.25, -0.2) is 0 Å². The Hall–Kier alpha value is -0.920. The molecule has 2 heterocycles. The fourth-order valence-electron chi connectivity index (χ4n) is 1.21. The van der Waals surface area contributed by atoms with Crippen LogP contribution in [-0.4, -0.2) is 27.2 Å². The van der Waals surface area contributed by atoms with Crippen molar-refractivity contribution in [1.29, 1.82) is 0 Å². The van der Waals surface area contributed by atoms with Gasteiger partial charge in [-0.2, -0.15) is 0 Å². The Labute approximate surface area is 118 Å². The summed E-state index contributed by atoms with van der Waals surface area (Å²) in [7, 11) is 0. The van der Waals surface area contributed by atoms with Gasteiger partial charge in [0.05, 0.1) is 0 Å². The van der Waals surface area contributed by atoms with Crippen LogP contribution in [0.2, 0.25) is 0 Å². The number of rotatable bonds is 5. The standard InChI is InChI=1S/C11H11N3OS3/c1-3-9(15)8-5-4-7(6-12-8)17-11-14-13-10(16-2)18-11/h4-6H,3H2,1-2H3. The van der Waals surface area contributed by atoms with Crippen LogP contribution in [0.4, 0.5) is 0 Å². The first kappa shape index (κ1) is 13.5. The lowest BCUT2D eigenvalue weighted by atomic mass is 10.2. The number of hydrogen-bond donors (Lipinski definition) is 0. The van der Waals surface area contributed by atoms with Gasteiger partial charge in [-0.1, -0.05) is 41.8 Å². The molecule has 0 spiro atoms. The number of carbonyl (C=O) groups is 1.